The molecule has 32 heavy (non-hydrogen) atoms. The number of piperazine rings is 1. The molecule has 0 radical (unpaired) electrons. The van der Waals surface area contributed by atoms with Crippen LogP contribution in [-0.2, 0) is 16.6 Å². The van der Waals surface area contributed by atoms with Gasteiger partial charge in [0, 0.05) is 53.0 Å². The predicted octanol–water partition coefficient (Wildman–Crippen LogP) is 1.03. The van der Waals surface area contributed by atoms with Crippen LogP contribution in [0.15, 0.2) is 41.7 Å². The first-order chi connectivity index (χ1) is 15.5. The van der Waals surface area contributed by atoms with E-state index in [0.29, 0.717) is 26.2 Å². The standard InChI is InChI=1S/C23H33N7O2/c1-18-5-4-6-19(13-18)21(28-9-11-32-12-10-28)15-25-23(24-2)29-7-8-30(22(31)17-29)20-14-26-27(3)16-20/h4-6,13-14,16,21H,7-12,15,17H2,1-3H3,(H,24,25). The summed E-state index contributed by atoms with van der Waals surface area (Å²) >= 11 is 0. The number of amides is 1. The molecule has 172 valence electrons. The Kier molecular flexibility index (Phi) is 7.06. The molecular weight excluding hydrogens is 406 g/mol. The second-order valence-corrected chi connectivity index (χ2v) is 8.35. The fourth-order valence-corrected chi connectivity index (χ4v) is 4.42. The van der Waals surface area contributed by atoms with Gasteiger partial charge in [-0.05, 0) is 12.5 Å². The molecule has 9 nitrogen and oxygen atoms in total. The molecule has 0 bridgehead atoms. The van der Waals surface area contributed by atoms with Crippen molar-refractivity contribution in [3.05, 3.63) is 47.8 Å². The van der Waals surface area contributed by atoms with E-state index in [9.17, 15) is 4.79 Å². The van der Waals surface area contributed by atoms with E-state index < -0.39 is 0 Å². The number of carbonyl (C=O) groups excluding carboxylic acids is 1. The van der Waals surface area contributed by atoms with E-state index >= 15 is 0 Å². The summed E-state index contributed by atoms with van der Waals surface area (Å²) in [6.45, 7) is 7.77. The fourth-order valence-electron chi connectivity index (χ4n) is 4.42. The van der Waals surface area contributed by atoms with Crippen LogP contribution < -0.4 is 10.2 Å². The SMILES string of the molecule is CN=C(NCC(c1cccc(C)c1)N1CCOCC1)N1CCN(c2cnn(C)c2)C(=O)C1. The van der Waals surface area contributed by atoms with Crippen molar-refractivity contribution >= 4 is 17.6 Å². The summed E-state index contributed by atoms with van der Waals surface area (Å²) in [5.74, 6) is 0.811. The molecule has 2 aliphatic heterocycles. The summed E-state index contributed by atoms with van der Waals surface area (Å²) < 4.78 is 7.28. The Morgan fingerprint density at radius 3 is 2.72 bits per heavy atom. The maximum atomic E-state index is 12.8. The number of benzene rings is 1. The molecule has 3 heterocycles. The van der Waals surface area contributed by atoms with Crippen molar-refractivity contribution in [3.63, 3.8) is 0 Å². The number of morpholine rings is 1. The quantitative estimate of drug-likeness (QED) is 0.554. The molecule has 1 aromatic heterocycles. The molecule has 0 aliphatic carbocycles. The van der Waals surface area contributed by atoms with Gasteiger partial charge in [0.25, 0.3) is 0 Å². The molecule has 1 N–H and O–H groups in total. The van der Waals surface area contributed by atoms with Crippen molar-refractivity contribution in [2.24, 2.45) is 12.0 Å². The third-order valence-corrected chi connectivity index (χ3v) is 6.10. The molecule has 9 heteroatoms. The zero-order chi connectivity index (χ0) is 22.5. The smallest absolute Gasteiger partial charge is 0.246 e. The van der Waals surface area contributed by atoms with E-state index in [2.05, 4.69) is 51.5 Å². The number of hydrogen-bond donors (Lipinski definition) is 1. The maximum Gasteiger partial charge on any atom is 0.246 e. The van der Waals surface area contributed by atoms with Gasteiger partial charge in [-0.25, -0.2) is 0 Å². The molecule has 1 amide bonds. The van der Waals surface area contributed by atoms with Crippen molar-refractivity contribution in [3.8, 4) is 0 Å². The third kappa shape index (κ3) is 5.11. The van der Waals surface area contributed by atoms with Crippen LogP contribution >= 0.6 is 0 Å². The van der Waals surface area contributed by atoms with Crippen LogP contribution in [0, 0.1) is 6.92 Å². The molecule has 1 unspecified atom stereocenters. The number of aromatic nitrogens is 2. The topological polar surface area (TPSA) is 78.2 Å². The summed E-state index contributed by atoms with van der Waals surface area (Å²) in [5, 5.41) is 7.72. The molecular formula is C23H33N7O2. The lowest BCUT2D eigenvalue weighted by atomic mass is 10.0. The van der Waals surface area contributed by atoms with E-state index in [1.165, 1.54) is 11.1 Å². The lowest BCUT2D eigenvalue weighted by molar-refractivity contribution is -0.120. The van der Waals surface area contributed by atoms with E-state index in [4.69, 9.17) is 4.74 Å². The van der Waals surface area contributed by atoms with E-state index in [1.54, 1.807) is 22.8 Å². The van der Waals surface area contributed by atoms with Crippen LogP contribution in [0.1, 0.15) is 17.2 Å². The van der Waals surface area contributed by atoms with Crippen molar-refractivity contribution in [1.82, 2.24) is 24.9 Å². The number of aryl methyl sites for hydroxylation is 2. The molecule has 4 rings (SSSR count). The summed E-state index contributed by atoms with van der Waals surface area (Å²) in [5.41, 5.74) is 3.38. The van der Waals surface area contributed by atoms with Crippen LogP contribution in [0.5, 0.6) is 0 Å². The summed E-state index contributed by atoms with van der Waals surface area (Å²) in [6, 6.07) is 8.89. The molecule has 0 spiro atoms. The number of rotatable bonds is 5. The lowest BCUT2D eigenvalue weighted by Gasteiger charge is -2.38. The number of nitrogens with one attached hydrogen (secondary N) is 1. The molecule has 2 saturated heterocycles. The largest absolute Gasteiger partial charge is 0.379 e. The van der Waals surface area contributed by atoms with Gasteiger partial charge in [-0.2, -0.15) is 5.10 Å². The van der Waals surface area contributed by atoms with Crippen LogP contribution in [0.4, 0.5) is 5.69 Å². The first-order valence-electron chi connectivity index (χ1n) is 11.2. The number of aliphatic imine (C=N–C) groups is 1. The van der Waals surface area contributed by atoms with Crippen molar-refractivity contribution < 1.29 is 9.53 Å². The number of guanidine groups is 1. The zero-order valence-corrected chi connectivity index (χ0v) is 19.2. The Balaban J connectivity index is 1.42. The Hall–Kier alpha value is -2.91. The van der Waals surface area contributed by atoms with E-state index in [-0.39, 0.29) is 11.9 Å². The van der Waals surface area contributed by atoms with Gasteiger partial charge in [0.05, 0.1) is 31.1 Å². The van der Waals surface area contributed by atoms with Gasteiger partial charge in [0.1, 0.15) is 6.54 Å². The molecule has 2 fully saturated rings. The highest BCUT2D eigenvalue weighted by molar-refractivity contribution is 5.98. The normalized spacial score (nSPS) is 19.3. The Bertz CT molecular complexity index is 951. The van der Waals surface area contributed by atoms with Gasteiger partial charge < -0.3 is 19.9 Å². The number of nitrogens with zero attached hydrogens (tertiary/aromatic N) is 6. The van der Waals surface area contributed by atoms with Gasteiger partial charge >= 0.3 is 0 Å². The molecule has 2 aliphatic rings. The average Bonchev–Trinajstić information content (AvgIpc) is 3.23. The summed E-state index contributed by atoms with van der Waals surface area (Å²) in [4.78, 5) is 23.6. The number of ether oxygens (including phenoxy) is 1. The Morgan fingerprint density at radius 2 is 2.06 bits per heavy atom. The van der Waals surface area contributed by atoms with Gasteiger partial charge in [-0.1, -0.05) is 29.8 Å². The number of hydrogen-bond acceptors (Lipinski definition) is 5. The highest BCUT2D eigenvalue weighted by atomic mass is 16.5. The fraction of sp³-hybridized carbons (Fsp3) is 0.522. The van der Waals surface area contributed by atoms with E-state index in [1.807, 2.05) is 18.1 Å². The van der Waals surface area contributed by atoms with Crippen LogP contribution in [0.2, 0.25) is 0 Å². The van der Waals surface area contributed by atoms with Crippen LogP contribution in [0.25, 0.3) is 0 Å². The van der Waals surface area contributed by atoms with Crippen molar-refractivity contribution in [2.75, 3.05) is 64.4 Å². The van der Waals surface area contributed by atoms with Crippen LogP contribution in [0.3, 0.4) is 0 Å². The van der Waals surface area contributed by atoms with Crippen LogP contribution in [-0.4, -0.2) is 91.0 Å². The minimum absolute atomic E-state index is 0.0515. The van der Waals surface area contributed by atoms with Crippen molar-refractivity contribution in [2.45, 2.75) is 13.0 Å². The summed E-state index contributed by atoms with van der Waals surface area (Å²) in [7, 11) is 3.63. The number of anilines is 1. The zero-order valence-electron chi connectivity index (χ0n) is 19.2. The Morgan fingerprint density at radius 1 is 1.25 bits per heavy atom. The number of carbonyl (C=O) groups is 1. The van der Waals surface area contributed by atoms with Crippen molar-refractivity contribution in [1.29, 1.82) is 0 Å². The highest BCUT2D eigenvalue weighted by Gasteiger charge is 2.29. The highest BCUT2D eigenvalue weighted by Crippen LogP contribution is 2.22. The summed E-state index contributed by atoms with van der Waals surface area (Å²) in [6.07, 6.45) is 3.60. The minimum Gasteiger partial charge on any atom is -0.379 e. The van der Waals surface area contributed by atoms with Gasteiger partial charge in [-0.15, -0.1) is 0 Å². The van der Waals surface area contributed by atoms with Gasteiger partial charge in [-0.3, -0.25) is 19.4 Å². The Labute approximate surface area is 189 Å². The van der Waals surface area contributed by atoms with Gasteiger partial charge in [0.15, 0.2) is 5.96 Å². The van der Waals surface area contributed by atoms with E-state index in [0.717, 1.165) is 38.0 Å². The molecule has 0 saturated carbocycles. The second-order valence-electron chi connectivity index (χ2n) is 8.35. The van der Waals surface area contributed by atoms with Gasteiger partial charge in [0.2, 0.25) is 5.91 Å². The average molecular weight is 440 g/mol. The minimum atomic E-state index is 0.0515. The predicted molar refractivity (Wildman–Crippen MR) is 125 cm³/mol. The molecule has 1 aromatic carbocycles. The monoisotopic (exact) mass is 439 g/mol. The third-order valence-electron chi connectivity index (χ3n) is 6.10. The second kappa shape index (κ2) is 10.1. The first kappa shape index (κ1) is 22.3. The first-order valence-corrected chi connectivity index (χ1v) is 11.2. The maximum absolute atomic E-state index is 12.8. The molecule has 1 atom stereocenters. The lowest BCUT2D eigenvalue weighted by Crippen LogP contribution is -2.56. The molecule has 2 aromatic rings.